The van der Waals surface area contributed by atoms with Gasteiger partial charge in [0.15, 0.2) is 0 Å². The van der Waals surface area contributed by atoms with Crippen molar-refractivity contribution in [2.24, 2.45) is 51.2 Å². The first kappa shape index (κ1) is 38.6. The number of hydrogen-bond acceptors (Lipinski definition) is 7. The van der Waals surface area contributed by atoms with Crippen molar-refractivity contribution in [1.29, 1.82) is 0 Å². The van der Waals surface area contributed by atoms with Gasteiger partial charge < -0.3 is 14.4 Å². The monoisotopic (exact) mass is 746 g/mol. The van der Waals surface area contributed by atoms with E-state index < -0.39 is 30.9 Å². The number of halogens is 3. The molecule has 1 heterocycles. The molecule has 0 bridgehead atoms. The van der Waals surface area contributed by atoms with Crippen LogP contribution in [0.4, 0.5) is 13.2 Å². The van der Waals surface area contributed by atoms with Crippen LogP contribution in [0.2, 0.25) is 0 Å². The van der Waals surface area contributed by atoms with E-state index in [0.29, 0.717) is 42.9 Å². The van der Waals surface area contributed by atoms with Gasteiger partial charge in [0.1, 0.15) is 15.6 Å². The van der Waals surface area contributed by atoms with Crippen LogP contribution in [0.25, 0.3) is 0 Å². The summed E-state index contributed by atoms with van der Waals surface area (Å²) in [6.45, 7) is 21.3. The van der Waals surface area contributed by atoms with Gasteiger partial charge in [0.2, 0.25) is 0 Å². The minimum atomic E-state index is -5.74. The first-order valence-corrected chi connectivity index (χ1v) is 22.3. The lowest BCUT2D eigenvalue weighted by molar-refractivity contribution is -0.223. The lowest BCUT2D eigenvalue weighted by Crippen LogP contribution is -2.68. The topological polar surface area (TPSA) is 92.8 Å². The van der Waals surface area contributed by atoms with Crippen LogP contribution < -0.4 is 5.32 Å². The summed E-state index contributed by atoms with van der Waals surface area (Å²) in [5, 5.41) is 3.93. The van der Waals surface area contributed by atoms with Crippen LogP contribution in [0, 0.1) is 51.2 Å². The fraction of sp³-hybridized carbons (Fsp3) is 0.895. The molecule has 0 aromatic heterocycles. The second-order valence-electron chi connectivity index (χ2n) is 18.6. The lowest BCUT2D eigenvalue weighted by Gasteiger charge is -2.72. The van der Waals surface area contributed by atoms with Gasteiger partial charge in [-0.15, -0.1) is 0 Å². The molecule has 9 atom stereocenters. The molecule has 5 aliphatic carbocycles. The average Bonchev–Trinajstić information content (AvgIpc) is 3.38. The van der Waals surface area contributed by atoms with Gasteiger partial charge >= 0.3 is 15.6 Å². The number of sulfone groups is 1. The molecule has 6 aliphatic rings. The van der Waals surface area contributed by atoms with Crippen molar-refractivity contribution in [1.82, 2.24) is 10.2 Å². The quantitative estimate of drug-likeness (QED) is 0.154. The Bertz CT molecular complexity index is 1600. The summed E-state index contributed by atoms with van der Waals surface area (Å²) in [4.78, 5) is 2.42. The fourth-order valence-corrected chi connectivity index (χ4v) is 15.0. The zero-order valence-electron chi connectivity index (χ0n) is 31.3. The second kappa shape index (κ2) is 12.5. The van der Waals surface area contributed by atoms with Gasteiger partial charge in [0.05, 0.1) is 5.25 Å². The third-order valence-corrected chi connectivity index (χ3v) is 18.7. The molecule has 1 aliphatic heterocycles. The zero-order valence-corrected chi connectivity index (χ0v) is 32.9. The Kier molecular flexibility index (Phi) is 9.63. The van der Waals surface area contributed by atoms with Gasteiger partial charge in [0.25, 0.3) is 0 Å². The van der Waals surface area contributed by atoms with E-state index in [1.165, 1.54) is 11.8 Å². The Morgan fingerprint density at radius 2 is 1.58 bits per heavy atom. The summed E-state index contributed by atoms with van der Waals surface area (Å²) in [5.74, 6) is 1.74. The van der Waals surface area contributed by atoms with E-state index in [9.17, 15) is 30.0 Å². The molecule has 1 N–H and O–H groups in total. The van der Waals surface area contributed by atoms with Gasteiger partial charge in [-0.25, -0.2) is 8.42 Å². The molecule has 286 valence electrons. The summed E-state index contributed by atoms with van der Waals surface area (Å²) in [6.07, 6.45) is 13.4. The Morgan fingerprint density at radius 1 is 0.920 bits per heavy atom. The molecule has 4 saturated carbocycles. The summed E-state index contributed by atoms with van der Waals surface area (Å²) < 4.78 is 93.2. The molecule has 0 spiro atoms. The number of likely N-dealkylation sites (tertiary alicyclic amines) is 1. The number of allylic oxidation sites excluding steroid dienone is 3. The van der Waals surface area contributed by atoms with Crippen LogP contribution in [0.5, 0.6) is 0 Å². The predicted molar refractivity (Wildman–Crippen MR) is 191 cm³/mol. The number of alkyl halides is 3. The van der Waals surface area contributed by atoms with Crippen molar-refractivity contribution in [3.63, 3.8) is 0 Å². The van der Waals surface area contributed by atoms with E-state index in [-0.39, 0.29) is 38.7 Å². The zero-order chi connectivity index (χ0) is 36.9. The smallest absolute Gasteiger partial charge is 0.380 e. The van der Waals surface area contributed by atoms with E-state index in [0.717, 1.165) is 77.5 Å². The third-order valence-electron chi connectivity index (χ3n) is 16.1. The number of nitrogens with zero attached hydrogens (tertiary/aromatic N) is 1. The minimum absolute atomic E-state index is 0.00171. The molecule has 0 radical (unpaired) electrons. The first-order chi connectivity index (χ1) is 22.9. The van der Waals surface area contributed by atoms with Crippen molar-refractivity contribution in [2.45, 2.75) is 128 Å². The Balaban J connectivity index is 1.23. The normalized spacial score (nSPS) is 42.4. The van der Waals surface area contributed by atoms with Gasteiger partial charge in [-0.1, -0.05) is 46.8 Å². The largest absolute Gasteiger partial charge is 0.534 e. The lowest BCUT2D eigenvalue weighted by atomic mass is 9.33. The Labute approximate surface area is 299 Å². The molecule has 0 aromatic rings. The minimum Gasteiger partial charge on any atom is -0.380 e. The molecule has 9 unspecified atom stereocenters. The summed E-state index contributed by atoms with van der Waals surface area (Å²) in [5.41, 5.74) is -5.08. The first-order valence-electron chi connectivity index (χ1n) is 19.0. The summed E-state index contributed by atoms with van der Waals surface area (Å²) >= 11 is 0. The van der Waals surface area contributed by atoms with E-state index >= 15 is 0 Å². The number of nitrogens with one attached hydrogen (secondary N) is 1. The van der Waals surface area contributed by atoms with Crippen molar-refractivity contribution >= 4 is 20.0 Å². The highest BCUT2D eigenvalue weighted by atomic mass is 32.2. The molecule has 1 saturated heterocycles. The number of hydrogen-bond donors (Lipinski definition) is 1. The van der Waals surface area contributed by atoms with Crippen molar-refractivity contribution in [3.05, 3.63) is 24.0 Å². The van der Waals surface area contributed by atoms with Crippen LogP contribution in [-0.4, -0.2) is 70.5 Å². The maximum absolute atomic E-state index is 13.3. The van der Waals surface area contributed by atoms with Gasteiger partial charge in [-0.3, -0.25) is 0 Å². The predicted octanol–water partition coefficient (Wildman–Crippen LogP) is 7.86. The summed E-state index contributed by atoms with van der Waals surface area (Å²) in [7, 11) is -8.73. The van der Waals surface area contributed by atoms with E-state index in [2.05, 4.69) is 44.5 Å². The molecule has 7 nitrogen and oxygen atoms in total. The molecule has 0 aromatic carbocycles. The number of fused-ring (bicyclic) bond motifs is 7. The van der Waals surface area contributed by atoms with Crippen LogP contribution in [0.15, 0.2) is 24.0 Å². The standard InChI is InChI=1S/C38H61F3N2O5S2/c1-25(2)27-11-18-37(42-21-24-43-22-14-26(15-23-43)49(8,44)45)20-19-35(6)28(32(27)37)9-10-30-34(5)16-13-31(48-50(46,47)38(39,40)41)33(3,4)29(34)12-17-36(30,35)7/h13,26-30,32,42H,1,9-12,14-24H2,2-8H3. The van der Waals surface area contributed by atoms with Gasteiger partial charge in [-0.2, -0.15) is 21.6 Å². The van der Waals surface area contributed by atoms with Crippen LogP contribution in [0.3, 0.4) is 0 Å². The highest BCUT2D eigenvalue weighted by molar-refractivity contribution is 7.91. The number of rotatable bonds is 8. The van der Waals surface area contributed by atoms with Crippen LogP contribution in [-0.2, 0) is 24.1 Å². The highest BCUT2D eigenvalue weighted by Crippen LogP contribution is 2.76. The molecular weight excluding hydrogens is 686 g/mol. The molecular formula is C38H61F3N2O5S2. The van der Waals surface area contributed by atoms with E-state index in [4.69, 9.17) is 4.18 Å². The molecule has 50 heavy (non-hydrogen) atoms. The molecule has 6 rings (SSSR count). The SMILES string of the molecule is C=C(C)C1CCC2(NCCN3CCC(S(C)(=O)=O)CC3)CCC3(C)C(CCC4C5(C)CC=C(OS(=O)(=O)C(F)(F)F)C(C)(C)C5CCC43C)C12. The van der Waals surface area contributed by atoms with Crippen LogP contribution in [0.1, 0.15) is 112 Å². The van der Waals surface area contributed by atoms with Crippen LogP contribution >= 0.6 is 0 Å². The average molecular weight is 747 g/mol. The van der Waals surface area contributed by atoms with Gasteiger partial charge in [0, 0.05) is 30.3 Å². The molecule has 5 fully saturated rings. The van der Waals surface area contributed by atoms with E-state index in [1.807, 2.05) is 13.8 Å². The number of piperidine rings is 1. The third kappa shape index (κ3) is 5.94. The highest BCUT2D eigenvalue weighted by Gasteiger charge is 2.70. The fourth-order valence-electron chi connectivity index (χ4n) is 13.4. The van der Waals surface area contributed by atoms with Crippen molar-refractivity contribution in [3.8, 4) is 0 Å². The maximum atomic E-state index is 13.3. The van der Waals surface area contributed by atoms with Crippen molar-refractivity contribution in [2.75, 3.05) is 32.4 Å². The van der Waals surface area contributed by atoms with Crippen molar-refractivity contribution < 1.29 is 34.2 Å². The Morgan fingerprint density at radius 3 is 2.18 bits per heavy atom. The van der Waals surface area contributed by atoms with E-state index in [1.54, 1.807) is 6.08 Å². The molecule has 0 amide bonds. The molecule has 12 heteroatoms. The maximum Gasteiger partial charge on any atom is 0.534 e. The van der Waals surface area contributed by atoms with Gasteiger partial charge in [-0.05, 0) is 143 Å². The summed E-state index contributed by atoms with van der Waals surface area (Å²) in [6, 6.07) is 0. The second-order valence-corrected chi connectivity index (χ2v) is 22.5. The Hall–Kier alpha value is -1.11.